The average molecular weight is 523 g/mol. The van der Waals surface area contributed by atoms with Crippen LogP contribution in [-0.2, 0) is 24.8 Å². The second-order valence-corrected chi connectivity index (χ2v) is 8.26. The molecule has 0 aliphatic carbocycles. The summed E-state index contributed by atoms with van der Waals surface area (Å²) in [6, 6.07) is 15.4. The zero-order valence-corrected chi connectivity index (χ0v) is 19.1. The average Bonchev–Trinajstić information content (AvgIpc) is 2.85. The summed E-state index contributed by atoms with van der Waals surface area (Å²) < 4.78 is 79.1. The van der Waals surface area contributed by atoms with Crippen molar-refractivity contribution in [3.63, 3.8) is 0 Å². The van der Waals surface area contributed by atoms with Gasteiger partial charge in [0.05, 0.1) is 22.2 Å². The highest BCUT2D eigenvalue weighted by Crippen LogP contribution is 2.36. The van der Waals surface area contributed by atoms with Gasteiger partial charge in [-0.25, -0.2) is 0 Å². The first kappa shape index (κ1) is 25.5. The van der Waals surface area contributed by atoms with E-state index >= 15 is 0 Å². The first-order valence-electron chi connectivity index (χ1n) is 10.6. The molecule has 1 aromatic heterocycles. The van der Waals surface area contributed by atoms with Crippen LogP contribution in [0.15, 0.2) is 72.9 Å². The fourth-order valence-electron chi connectivity index (χ4n) is 3.81. The SMILES string of the molecule is O=C(NCc1cc(C(F)(F)F)cc(C(F)(F)F)c1)c1cnc2ccc(CCl)cc2c1-c1ccccc1. The number of carbonyl (C=O) groups is 1. The number of rotatable bonds is 5. The maximum atomic E-state index is 13.2. The number of nitrogens with one attached hydrogen (secondary N) is 1. The molecule has 1 N–H and O–H groups in total. The minimum Gasteiger partial charge on any atom is -0.348 e. The summed E-state index contributed by atoms with van der Waals surface area (Å²) in [5.41, 5.74) is -0.560. The lowest BCUT2D eigenvalue weighted by atomic mass is 9.95. The van der Waals surface area contributed by atoms with Gasteiger partial charge in [0.2, 0.25) is 0 Å². The zero-order chi connectivity index (χ0) is 26.1. The molecule has 10 heteroatoms. The molecule has 1 amide bonds. The molecule has 0 atom stereocenters. The highest BCUT2D eigenvalue weighted by molar-refractivity contribution is 6.17. The number of halogens is 7. The van der Waals surface area contributed by atoms with Crippen molar-refractivity contribution in [2.75, 3.05) is 0 Å². The van der Waals surface area contributed by atoms with Gasteiger partial charge < -0.3 is 5.32 Å². The van der Waals surface area contributed by atoms with Crippen LogP contribution in [0.5, 0.6) is 0 Å². The quantitative estimate of drug-likeness (QED) is 0.216. The van der Waals surface area contributed by atoms with E-state index in [-0.39, 0.29) is 23.1 Å². The minimum atomic E-state index is -4.98. The van der Waals surface area contributed by atoms with E-state index in [0.717, 1.165) is 5.56 Å². The van der Waals surface area contributed by atoms with Gasteiger partial charge in [-0.15, -0.1) is 11.6 Å². The summed E-state index contributed by atoms with van der Waals surface area (Å²) in [5.74, 6) is -0.483. The summed E-state index contributed by atoms with van der Waals surface area (Å²) in [6.45, 7) is -0.556. The van der Waals surface area contributed by atoms with E-state index in [1.807, 2.05) is 0 Å². The summed E-state index contributed by atoms with van der Waals surface area (Å²) in [6.07, 6.45) is -8.64. The van der Waals surface area contributed by atoms with E-state index in [4.69, 9.17) is 11.6 Å². The van der Waals surface area contributed by atoms with Crippen LogP contribution in [0.4, 0.5) is 26.3 Å². The fourth-order valence-corrected chi connectivity index (χ4v) is 3.98. The number of hydrogen-bond acceptors (Lipinski definition) is 2. The van der Waals surface area contributed by atoms with Crippen LogP contribution in [0, 0.1) is 0 Å². The fraction of sp³-hybridized carbons (Fsp3) is 0.154. The molecule has 0 unspecified atom stereocenters. The molecular weight excluding hydrogens is 506 g/mol. The zero-order valence-electron chi connectivity index (χ0n) is 18.3. The predicted octanol–water partition coefficient (Wildman–Crippen LogP) is 7.61. The molecule has 4 rings (SSSR count). The van der Waals surface area contributed by atoms with Gasteiger partial charge in [0.15, 0.2) is 0 Å². The lowest BCUT2D eigenvalue weighted by molar-refractivity contribution is -0.143. The summed E-state index contributed by atoms with van der Waals surface area (Å²) in [7, 11) is 0. The smallest absolute Gasteiger partial charge is 0.348 e. The van der Waals surface area contributed by atoms with Crippen molar-refractivity contribution < 1.29 is 31.1 Å². The topological polar surface area (TPSA) is 42.0 Å². The van der Waals surface area contributed by atoms with Gasteiger partial charge >= 0.3 is 12.4 Å². The van der Waals surface area contributed by atoms with Crippen LogP contribution < -0.4 is 5.32 Å². The number of carbonyl (C=O) groups excluding carboxylic acids is 1. The van der Waals surface area contributed by atoms with Crippen LogP contribution in [0.2, 0.25) is 0 Å². The number of alkyl halides is 7. The Bertz CT molecular complexity index is 1390. The maximum Gasteiger partial charge on any atom is 0.416 e. The highest BCUT2D eigenvalue weighted by atomic mass is 35.5. The van der Waals surface area contributed by atoms with Crippen molar-refractivity contribution in [2.45, 2.75) is 24.8 Å². The lowest BCUT2D eigenvalue weighted by Crippen LogP contribution is -2.24. The molecule has 1 heterocycles. The van der Waals surface area contributed by atoms with Gasteiger partial charge in [0, 0.05) is 29.6 Å². The van der Waals surface area contributed by atoms with Crippen LogP contribution >= 0.6 is 11.6 Å². The van der Waals surface area contributed by atoms with Gasteiger partial charge in [-0.3, -0.25) is 9.78 Å². The Morgan fingerprint density at radius 1 is 0.833 bits per heavy atom. The van der Waals surface area contributed by atoms with Crippen molar-refractivity contribution >= 4 is 28.4 Å². The first-order valence-corrected chi connectivity index (χ1v) is 11.1. The number of nitrogens with zero attached hydrogens (tertiary/aromatic N) is 1. The summed E-state index contributed by atoms with van der Waals surface area (Å²) in [4.78, 5) is 17.5. The van der Waals surface area contributed by atoms with Gasteiger partial charge in [-0.2, -0.15) is 26.3 Å². The van der Waals surface area contributed by atoms with Crippen LogP contribution in [0.3, 0.4) is 0 Å². The third-order valence-electron chi connectivity index (χ3n) is 5.49. The second-order valence-electron chi connectivity index (χ2n) is 7.99. The Morgan fingerprint density at radius 3 is 2.06 bits per heavy atom. The molecule has 0 aliphatic rings. The number of pyridine rings is 1. The minimum absolute atomic E-state index is 0.0422. The molecule has 0 aliphatic heterocycles. The first-order chi connectivity index (χ1) is 17.0. The van der Waals surface area contributed by atoms with Crippen molar-refractivity contribution in [3.05, 3.63) is 101 Å². The molecule has 0 bridgehead atoms. The molecular formula is C26H17ClF6N2O. The number of fused-ring (bicyclic) bond motifs is 1. The molecule has 0 spiro atoms. The largest absolute Gasteiger partial charge is 0.416 e. The van der Waals surface area contributed by atoms with E-state index in [1.54, 1.807) is 48.5 Å². The monoisotopic (exact) mass is 522 g/mol. The standard InChI is InChI=1S/C26H17ClF6N2O/c27-12-15-6-7-22-20(10-15)23(17-4-2-1-3-5-17)21(14-34-22)24(36)35-13-16-8-18(25(28,29)30)11-19(9-16)26(31,32)33/h1-11,14H,12-13H2,(H,35,36). The predicted molar refractivity (Wildman–Crippen MR) is 124 cm³/mol. The molecule has 0 saturated carbocycles. The van der Waals surface area contributed by atoms with Crippen molar-refractivity contribution in [2.24, 2.45) is 0 Å². The lowest BCUT2D eigenvalue weighted by Gasteiger charge is -2.16. The van der Waals surface area contributed by atoms with Crippen LogP contribution in [0.25, 0.3) is 22.0 Å². The molecule has 0 radical (unpaired) electrons. The summed E-state index contributed by atoms with van der Waals surface area (Å²) >= 11 is 5.98. The third kappa shape index (κ3) is 5.46. The molecule has 4 aromatic rings. The van der Waals surface area contributed by atoms with E-state index in [2.05, 4.69) is 10.3 Å². The Kier molecular flexibility index (Phi) is 6.95. The summed E-state index contributed by atoms with van der Waals surface area (Å²) in [5, 5.41) is 3.07. The molecule has 3 nitrogen and oxygen atoms in total. The van der Waals surface area contributed by atoms with E-state index in [9.17, 15) is 31.1 Å². The Labute approximate surface area is 206 Å². The second kappa shape index (κ2) is 9.81. The normalized spacial score (nSPS) is 12.1. The van der Waals surface area contributed by atoms with Crippen molar-refractivity contribution in [3.8, 4) is 11.1 Å². The Morgan fingerprint density at radius 2 is 1.47 bits per heavy atom. The van der Waals surface area contributed by atoms with Crippen LogP contribution in [-0.4, -0.2) is 10.9 Å². The number of amides is 1. The molecule has 3 aromatic carbocycles. The van der Waals surface area contributed by atoms with Crippen LogP contribution in [0.1, 0.15) is 32.6 Å². The van der Waals surface area contributed by atoms with Crippen molar-refractivity contribution in [1.29, 1.82) is 0 Å². The molecule has 186 valence electrons. The van der Waals surface area contributed by atoms with E-state index in [0.29, 0.717) is 34.2 Å². The molecule has 0 saturated heterocycles. The van der Waals surface area contributed by atoms with E-state index < -0.39 is 35.9 Å². The third-order valence-corrected chi connectivity index (χ3v) is 5.80. The van der Waals surface area contributed by atoms with Gasteiger partial charge in [-0.05, 0) is 47.0 Å². The Hall–Kier alpha value is -3.59. The Balaban J connectivity index is 1.74. The van der Waals surface area contributed by atoms with Gasteiger partial charge in [0.25, 0.3) is 5.91 Å². The van der Waals surface area contributed by atoms with Gasteiger partial charge in [0.1, 0.15) is 0 Å². The molecule has 36 heavy (non-hydrogen) atoms. The number of aromatic nitrogens is 1. The van der Waals surface area contributed by atoms with E-state index in [1.165, 1.54) is 6.20 Å². The highest BCUT2D eigenvalue weighted by Gasteiger charge is 2.36. The number of hydrogen-bond donors (Lipinski definition) is 1. The maximum absolute atomic E-state index is 13.2. The number of benzene rings is 3. The van der Waals surface area contributed by atoms with Crippen molar-refractivity contribution in [1.82, 2.24) is 10.3 Å². The molecule has 0 fully saturated rings. The van der Waals surface area contributed by atoms with Gasteiger partial charge in [-0.1, -0.05) is 36.4 Å².